The van der Waals surface area contributed by atoms with Gasteiger partial charge in [0.2, 0.25) is 0 Å². The topological polar surface area (TPSA) is 26.0 Å². The van der Waals surface area contributed by atoms with Crippen molar-refractivity contribution in [3.8, 4) is 0 Å². The molecule has 0 spiro atoms. The molecule has 1 fully saturated rings. The maximum atomic E-state index is 12.9. The normalized spacial score (nSPS) is 25.9. The van der Waals surface area contributed by atoms with E-state index in [1.807, 2.05) is 0 Å². The van der Waals surface area contributed by atoms with Crippen molar-refractivity contribution >= 4 is 0 Å². The Balaban J connectivity index is 2.37. The van der Waals surface area contributed by atoms with Crippen molar-refractivity contribution in [3.63, 3.8) is 0 Å². The summed E-state index contributed by atoms with van der Waals surface area (Å²) in [7, 11) is 0. The monoisotopic (exact) mass is 243 g/mol. The van der Waals surface area contributed by atoms with Crippen LogP contribution in [0.1, 0.15) is 42.7 Å². The van der Waals surface area contributed by atoms with Crippen molar-refractivity contribution in [3.05, 3.63) is 35.4 Å². The summed E-state index contributed by atoms with van der Waals surface area (Å²) in [6, 6.07) is 5.66. The van der Waals surface area contributed by atoms with Gasteiger partial charge in [-0.15, -0.1) is 0 Å². The number of nitrogens with two attached hydrogens (primary N) is 1. The minimum Gasteiger partial charge on any atom is -0.327 e. The molecule has 4 heteroatoms. The van der Waals surface area contributed by atoms with Gasteiger partial charge in [0.15, 0.2) is 0 Å². The summed E-state index contributed by atoms with van der Waals surface area (Å²) in [5.41, 5.74) is 5.80. The molecule has 2 atom stereocenters. The van der Waals surface area contributed by atoms with Crippen molar-refractivity contribution in [2.45, 2.75) is 43.8 Å². The SMILES string of the molecule is NC1CCCCC1c1ccccc1C(F)(F)F. The lowest BCUT2D eigenvalue weighted by Gasteiger charge is -2.30. The van der Waals surface area contributed by atoms with Gasteiger partial charge in [-0.2, -0.15) is 13.2 Å². The molecule has 0 bridgehead atoms. The molecule has 2 N–H and O–H groups in total. The summed E-state index contributed by atoms with van der Waals surface area (Å²) in [6.07, 6.45) is -0.727. The van der Waals surface area contributed by atoms with Gasteiger partial charge in [0, 0.05) is 6.04 Å². The smallest absolute Gasteiger partial charge is 0.327 e. The number of hydrogen-bond acceptors (Lipinski definition) is 1. The second kappa shape index (κ2) is 4.69. The van der Waals surface area contributed by atoms with Crippen LogP contribution in [0.25, 0.3) is 0 Å². The maximum Gasteiger partial charge on any atom is 0.416 e. The quantitative estimate of drug-likeness (QED) is 0.799. The molecule has 0 aromatic heterocycles. The fraction of sp³-hybridized carbons (Fsp3) is 0.538. The zero-order chi connectivity index (χ0) is 12.5. The third-order valence-electron chi connectivity index (χ3n) is 3.49. The molecule has 1 aromatic rings. The van der Waals surface area contributed by atoms with E-state index in [0.29, 0.717) is 5.56 Å². The van der Waals surface area contributed by atoms with Crippen molar-refractivity contribution in [2.24, 2.45) is 5.73 Å². The summed E-state index contributed by atoms with van der Waals surface area (Å²) in [5, 5.41) is 0. The molecule has 0 radical (unpaired) electrons. The Kier molecular flexibility index (Phi) is 3.43. The lowest BCUT2D eigenvalue weighted by molar-refractivity contribution is -0.138. The minimum atomic E-state index is -4.28. The molecule has 2 unspecified atom stereocenters. The van der Waals surface area contributed by atoms with Gasteiger partial charge in [-0.25, -0.2) is 0 Å². The van der Waals surface area contributed by atoms with Gasteiger partial charge in [0.05, 0.1) is 5.56 Å². The maximum absolute atomic E-state index is 12.9. The highest BCUT2D eigenvalue weighted by atomic mass is 19.4. The van der Waals surface area contributed by atoms with Crippen molar-refractivity contribution in [1.29, 1.82) is 0 Å². The minimum absolute atomic E-state index is 0.146. The van der Waals surface area contributed by atoms with Crippen LogP contribution in [-0.2, 0) is 6.18 Å². The largest absolute Gasteiger partial charge is 0.416 e. The van der Waals surface area contributed by atoms with Crippen molar-refractivity contribution < 1.29 is 13.2 Å². The summed E-state index contributed by atoms with van der Waals surface area (Å²) in [6.45, 7) is 0. The molecule has 1 aliphatic carbocycles. The molecule has 94 valence electrons. The number of alkyl halides is 3. The Labute approximate surface area is 98.8 Å². The molecular formula is C13H16F3N. The van der Waals surface area contributed by atoms with Crippen LogP contribution in [0.15, 0.2) is 24.3 Å². The summed E-state index contributed by atoms with van der Waals surface area (Å²) < 4.78 is 38.7. The summed E-state index contributed by atoms with van der Waals surface area (Å²) in [4.78, 5) is 0. The van der Waals surface area contributed by atoms with Crippen LogP contribution in [0.5, 0.6) is 0 Å². The van der Waals surface area contributed by atoms with Gasteiger partial charge in [0.1, 0.15) is 0 Å². The predicted octanol–water partition coefficient (Wildman–Crippen LogP) is 3.69. The Morgan fingerprint density at radius 2 is 1.71 bits per heavy atom. The van der Waals surface area contributed by atoms with E-state index in [4.69, 9.17) is 5.73 Å². The van der Waals surface area contributed by atoms with E-state index >= 15 is 0 Å². The molecule has 1 aliphatic rings. The van der Waals surface area contributed by atoms with Crippen LogP contribution in [0, 0.1) is 0 Å². The molecule has 17 heavy (non-hydrogen) atoms. The van der Waals surface area contributed by atoms with E-state index in [1.54, 1.807) is 12.1 Å². The number of benzene rings is 1. The van der Waals surface area contributed by atoms with Gasteiger partial charge in [0.25, 0.3) is 0 Å². The van der Waals surface area contributed by atoms with Crippen LogP contribution in [0.4, 0.5) is 13.2 Å². The molecule has 0 heterocycles. The number of halogens is 3. The molecule has 2 rings (SSSR count). The van der Waals surface area contributed by atoms with Crippen molar-refractivity contribution in [2.75, 3.05) is 0 Å². The van der Waals surface area contributed by atoms with E-state index in [9.17, 15) is 13.2 Å². The Hall–Kier alpha value is -1.03. The summed E-state index contributed by atoms with van der Waals surface area (Å²) >= 11 is 0. The Morgan fingerprint density at radius 1 is 1.06 bits per heavy atom. The Morgan fingerprint density at radius 3 is 2.35 bits per heavy atom. The van der Waals surface area contributed by atoms with Gasteiger partial charge < -0.3 is 5.73 Å². The van der Waals surface area contributed by atoms with Gasteiger partial charge in [-0.3, -0.25) is 0 Å². The standard InChI is InChI=1S/C13H16F3N/c14-13(15,16)11-7-3-1-5-9(11)10-6-2-4-8-12(10)17/h1,3,5,7,10,12H,2,4,6,8,17H2. The van der Waals surface area contributed by atoms with Crippen LogP contribution in [-0.4, -0.2) is 6.04 Å². The van der Waals surface area contributed by atoms with Crippen molar-refractivity contribution in [1.82, 2.24) is 0 Å². The zero-order valence-electron chi connectivity index (χ0n) is 9.50. The van der Waals surface area contributed by atoms with Crippen LogP contribution < -0.4 is 5.73 Å². The first-order valence-corrected chi connectivity index (χ1v) is 5.92. The highest BCUT2D eigenvalue weighted by Crippen LogP contribution is 2.39. The first-order chi connectivity index (χ1) is 8.00. The van der Waals surface area contributed by atoms with E-state index in [2.05, 4.69) is 0 Å². The molecule has 0 saturated heterocycles. The lowest BCUT2D eigenvalue weighted by atomic mass is 9.79. The lowest BCUT2D eigenvalue weighted by Crippen LogP contribution is -2.32. The average molecular weight is 243 g/mol. The third-order valence-corrected chi connectivity index (χ3v) is 3.49. The fourth-order valence-electron chi connectivity index (χ4n) is 2.62. The molecule has 1 aromatic carbocycles. The van der Waals surface area contributed by atoms with Crippen LogP contribution in [0.2, 0.25) is 0 Å². The molecule has 0 aliphatic heterocycles. The second-order valence-corrected chi connectivity index (χ2v) is 4.64. The molecule has 1 saturated carbocycles. The van der Waals surface area contributed by atoms with Crippen LogP contribution in [0.3, 0.4) is 0 Å². The number of hydrogen-bond donors (Lipinski definition) is 1. The van der Waals surface area contributed by atoms with E-state index in [1.165, 1.54) is 6.07 Å². The predicted molar refractivity (Wildman–Crippen MR) is 60.6 cm³/mol. The molecular weight excluding hydrogens is 227 g/mol. The van der Waals surface area contributed by atoms with Gasteiger partial charge in [-0.1, -0.05) is 31.0 Å². The van der Waals surface area contributed by atoms with Crippen LogP contribution >= 0.6 is 0 Å². The fourth-order valence-corrected chi connectivity index (χ4v) is 2.62. The van der Waals surface area contributed by atoms with Gasteiger partial charge >= 0.3 is 6.18 Å². The molecule has 1 nitrogen and oxygen atoms in total. The van der Waals surface area contributed by atoms with E-state index in [0.717, 1.165) is 31.7 Å². The van der Waals surface area contributed by atoms with Gasteiger partial charge in [-0.05, 0) is 30.4 Å². The summed E-state index contributed by atoms with van der Waals surface area (Å²) in [5.74, 6) is -0.151. The third kappa shape index (κ3) is 2.63. The first-order valence-electron chi connectivity index (χ1n) is 5.92. The van der Waals surface area contributed by atoms with E-state index in [-0.39, 0.29) is 12.0 Å². The Bertz CT molecular complexity index is 386. The average Bonchev–Trinajstić information content (AvgIpc) is 2.28. The molecule has 0 amide bonds. The second-order valence-electron chi connectivity index (χ2n) is 4.64. The first kappa shape index (κ1) is 12.4. The highest BCUT2D eigenvalue weighted by Gasteiger charge is 2.36. The highest BCUT2D eigenvalue weighted by molar-refractivity contribution is 5.34. The van der Waals surface area contributed by atoms with E-state index < -0.39 is 11.7 Å². The number of rotatable bonds is 1. The zero-order valence-corrected chi connectivity index (χ0v) is 9.50.